The number of anilines is 2. The minimum atomic E-state index is -4.86. The Kier molecular flexibility index (Phi) is 4.44. The van der Waals surface area contributed by atoms with Crippen molar-refractivity contribution in [3.05, 3.63) is 53.3 Å². The molecule has 0 saturated heterocycles. The molecule has 0 aliphatic heterocycles. The van der Waals surface area contributed by atoms with Gasteiger partial charge in [-0.3, -0.25) is 4.79 Å². The zero-order valence-electron chi connectivity index (χ0n) is 11.9. The van der Waals surface area contributed by atoms with E-state index in [1.54, 1.807) is 0 Å². The summed E-state index contributed by atoms with van der Waals surface area (Å²) in [7, 11) is 1.42. The van der Waals surface area contributed by atoms with Crippen LogP contribution in [0.1, 0.15) is 15.9 Å². The summed E-state index contributed by atoms with van der Waals surface area (Å²) in [5.74, 6) is -1.70. The van der Waals surface area contributed by atoms with E-state index in [1.807, 2.05) is 0 Å². The second-order valence-corrected chi connectivity index (χ2v) is 4.60. The standard InChI is InChI=1S/C15H12F4N2O2/c1-23-9-3-4-10(13(20)7-9)14(22)21-8-2-5-12(16)11(6-8)15(17,18)19/h2-7H,20H2,1H3,(H,21,22). The highest BCUT2D eigenvalue weighted by Gasteiger charge is 2.34. The summed E-state index contributed by atoms with van der Waals surface area (Å²) in [5, 5.41) is 2.25. The Hall–Kier alpha value is -2.77. The fraction of sp³-hybridized carbons (Fsp3) is 0.133. The number of nitrogens with one attached hydrogen (secondary N) is 1. The number of ether oxygens (including phenoxy) is 1. The number of nitrogen functional groups attached to an aromatic ring is 1. The third-order valence-corrected chi connectivity index (χ3v) is 3.03. The number of nitrogens with two attached hydrogens (primary N) is 1. The lowest BCUT2D eigenvalue weighted by atomic mass is 10.1. The van der Waals surface area contributed by atoms with Gasteiger partial charge in [0.2, 0.25) is 0 Å². The number of carbonyl (C=O) groups is 1. The maximum absolute atomic E-state index is 13.2. The van der Waals surface area contributed by atoms with Crippen LogP contribution in [0.25, 0.3) is 0 Å². The van der Waals surface area contributed by atoms with Gasteiger partial charge in [-0.1, -0.05) is 0 Å². The highest BCUT2D eigenvalue weighted by molar-refractivity contribution is 6.07. The summed E-state index contributed by atoms with van der Waals surface area (Å²) >= 11 is 0. The Morgan fingerprint density at radius 1 is 1.17 bits per heavy atom. The number of hydrogen-bond donors (Lipinski definition) is 2. The van der Waals surface area contributed by atoms with E-state index < -0.39 is 23.5 Å². The van der Waals surface area contributed by atoms with Gasteiger partial charge in [0.05, 0.1) is 18.2 Å². The minimum Gasteiger partial charge on any atom is -0.497 e. The van der Waals surface area contributed by atoms with E-state index in [9.17, 15) is 22.4 Å². The molecule has 0 aliphatic rings. The Bertz CT molecular complexity index is 745. The summed E-state index contributed by atoms with van der Waals surface area (Å²) in [5.41, 5.74) is 4.19. The summed E-state index contributed by atoms with van der Waals surface area (Å²) < 4.78 is 56.1. The zero-order chi connectivity index (χ0) is 17.2. The predicted molar refractivity (Wildman–Crippen MR) is 76.8 cm³/mol. The predicted octanol–water partition coefficient (Wildman–Crippen LogP) is 3.69. The molecule has 4 nitrogen and oxygen atoms in total. The van der Waals surface area contributed by atoms with E-state index in [0.29, 0.717) is 17.9 Å². The number of halogens is 4. The maximum atomic E-state index is 13.2. The normalized spacial score (nSPS) is 11.2. The fourth-order valence-electron chi connectivity index (χ4n) is 1.89. The molecule has 1 amide bonds. The molecule has 0 saturated carbocycles. The SMILES string of the molecule is COc1ccc(C(=O)Nc2ccc(F)c(C(F)(F)F)c2)c(N)c1. The molecule has 2 rings (SSSR count). The molecule has 8 heteroatoms. The lowest BCUT2D eigenvalue weighted by Gasteiger charge is -2.12. The molecule has 3 N–H and O–H groups in total. The molecule has 0 radical (unpaired) electrons. The second kappa shape index (κ2) is 6.15. The highest BCUT2D eigenvalue weighted by atomic mass is 19.4. The van der Waals surface area contributed by atoms with Crippen molar-refractivity contribution in [2.24, 2.45) is 0 Å². The first-order chi connectivity index (χ1) is 10.7. The largest absolute Gasteiger partial charge is 0.497 e. The average molecular weight is 328 g/mol. The molecular weight excluding hydrogens is 316 g/mol. The molecular formula is C15H12F4N2O2. The van der Waals surface area contributed by atoms with Gasteiger partial charge in [0.15, 0.2) is 0 Å². The van der Waals surface area contributed by atoms with Gasteiger partial charge in [0, 0.05) is 17.4 Å². The highest BCUT2D eigenvalue weighted by Crippen LogP contribution is 2.33. The molecule has 0 aliphatic carbocycles. The monoisotopic (exact) mass is 328 g/mol. The number of benzene rings is 2. The van der Waals surface area contributed by atoms with E-state index in [2.05, 4.69) is 5.32 Å². The Balaban J connectivity index is 2.27. The van der Waals surface area contributed by atoms with Gasteiger partial charge in [-0.25, -0.2) is 4.39 Å². The smallest absolute Gasteiger partial charge is 0.419 e. The minimum absolute atomic E-state index is 0.0590. The van der Waals surface area contributed by atoms with Crippen molar-refractivity contribution in [3.63, 3.8) is 0 Å². The molecule has 0 bridgehead atoms. The molecule has 0 atom stereocenters. The van der Waals surface area contributed by atoms with Gasteiger partial charge in [-0.2, -0.15) is 13.2 Å². The van der Waals surface area contributed by atoms with Crippen molar-refractivity contribution in [2.45, 2.75) is 6.18 Å². The summed E-state index contributed by atoms with van der Waals surface area (Å²) in [4.78, 5) is 12.1. The zero-order valence-corrected chi connectivity index (χ0v) is 11.9. The second-order valence-electron chi connectivity index (χ2n) is 4.60. The van der Waals surface area contributed by atoms with Crippen LogP contribution >= 0.6 is 0 Å². The number of rotatable bonds is 3. The van der Waals surface area contributed by atoms with Crippen LogP contribution in [-0.2, 0) is 6.18 Å². The molecule has 122 valence electrons. The molecule has 0 heterocycles. The third-order valence-electron chi connectivity index (χ3n) is 3.03. The van der Waals surface area contributed by atoms with Crippen molar-refractivity contribution in [2.75, 3.05) is 18.2 Å². The average Bonchev–Trinajstić information content (AvgIpc) is 2.47. The van der Waals surface area contributed by atoms with Crippen LogP contribution in [0.5, 0.6) is 5.75 Å². The summed E-state index contributed by atoms with van der Waals surface area (Å²) in [6.07, 6.45) is -4.86. The van der Waals surface area contributed by atoms with Crippen LogP contribution in [-0.4, -0.2) is 13.0 Å². The number of carbonyl (C=O) groups excluding carboxylic acids is 1. The van der Waals surface area contributed by atoms with Crippen molar-refractivity contribution in [1.29, 1.82) is 0 Å². The van der Waals surface area contributed by atoms with Gasteiger partial charge in [-0.05, 0) is 30.3 Å². The first-order valence-corrected chi connectivity index (χ1v) is 6.34. The topological polar surface area (TPSA) is 64.3 Å². The third kappa shape index (κ3) is 3.71. The van der Waals surface area contributed by atoms with E-state index >= 15 is 0 Å². The van der Waals surface area contributed by atoms with Crippen LogP contribution < -0.4 is 15.8 Å². The summed E-state index contributed by atoms with van der Waals surface area (Å²) in [6.45, 7) is 0. The molecule has 0 aromatic heterocycles. The van der Waals surface area contributed by atoms with Crippen LogP contribution in [0.3, 0.4) is 0 Å². The quantitative estimate of drug-likeness (QED) is 0.667. The van der Waals surface area contributed by atoms with Crippen LogP contribution in [0.4, 0.5) is 28.9 Å². The van der Waals surface area contributed by atoms with E-state index in [1.165, 1.54) is 25.3 Å². The molecule has 0 unspecified atom stereocenters. The molecule has 0 spiro atoms. The van der Waals surface area contributed by atoms with Gasteiger partial charge in [0.1, 0.15) is 11.6 Å². The van der Waals surface area contributed by atoms with Crippen molar-refractivity contribution in [1.82, 2.24) is 0 Å². The number of alkyl halides is 3. The molecule has 23 heavy (non-hydrogen) atoms. The van der Waals surface area contributed by atoms with Crippen molar-refractivity contribution >= 4 is 17.3 Å². The van der Waals surface area contributed by atoms with Crippen LogP contribution in [0.15, 0.2) is 36.4 Å². The Labute approximate surface area is 128 Å². The number of hydrogen-bond acceptors (Lipinski definition) is 3. The van der Waals surface area contributed by atoms with Gasteiger partial charge in [-0.15, -0.1) is 0 Å². The first kappa shape index (κ1) is 16.6. The van der Waals surface area contributed by atoms with Crippen LogP contribution in [0, 0.1) is 5.82 Å². The molecule has 2 aromatic carbocycles. The van der Waals surface area contributed by atoms with E-state index in [4.69, 9.17) is 10.5 Å². The van der Waals surface area contributed by atoms with Crippen molar-refractivity contribution < 1.29 is 27.1 Å². The van der Waals surface area contributed by atoms with Crippen molar-refractivity contribution in [3.8, 4) is 5.75 Å². The van der Waals surface area contributed by atoms with E-state index in [0.717, 1.165) is 6.07 Å². The van der Waals surface area contributed by atoms with Gasteiger partial charge >= 0.3 is 6.18 Å². The van der Waals surface area contributed by atoms with E-state index in [-0.39, 0.29) is 16.9 Å². The Morgan fingerprint density at radius 2 is 1.87 bits per heavy atom. The number of methoxy groups -OCH3 is 1. The Morgan fingerprint density at radius 3 is 2.43 bits per heavy atom. The van der Waals surface area contributed by atoms with Gasteiger partial charge in [0.25, 0.3) is 5.91 Å². The lowest BCUT2D eigenvalue weighted by molar-refractivity contribution is -0.139. The molecule has 2 aromatic rings. The maximum Gasteiger partial charge on any atom is 0.419 e. The summed E-state index contributed by atoms with van der Waals surface area (Å²) in [6, 6.07) is 6.44. The molecule has 0 fully saturated rings. The van der Waals surface area contributed by atoms with Gasteiger partial charge < -0.3 is 15.8 Å². The fourth-order valence-corrected chi connectivity index (χ4v) is 1.89. The number of amides is 1. The van der Waals surface area contributed by atoms with Crippen LogP contribution in [0.2, 0.25) is 0 Å². The lowest BCUT2D eigenvalue weighted by Crippen LogP contribution is -2.15. The first-order valence-electron chi connectivity index (χ1n) is 6.34.